The van der Waals surface area contributed by atoms with Crippen LogP contribution in [0.15, 0.2) is 102 Å². The minimum atomic E-state index is -0.195. The molecule has 0 N–H and O–H groups in total. The first-order valence-corrected chi connectivity index (χ1v) is 11.9. The molecule has 0 spiro atoms. The molecule has 0 saturated heterocycles. The molecule has 2 aliphatic rings. The molecule has 0 aliphatic carbocycles. The van der Waals surface area contributed by atoms with Gasteiger partial charge < -0.3 is 9.80 Å². The zero-order valence-corrected chi connectivity index (χ0v) is 19.8. The molecule has 0 saturated carbocycles. The van der Waals surface area contributed by atoms with Crippen LogP contribution in [0, 0.1) is 0 Å². The molecule has 5 aromatic rings. The van der Waals surface area contributed by atoms with Crippen molar-refractivity contribution in [3.63, 3.8) is 0 Å². The molecular formula is C31H21N3O2. The van der Waals surface area contributed by atoms with Crippen molar-refractivity contribution >= 4 is 55.5 Å². The Balaban J connectivity index is 1.58. The van der Waals surface area contributed by atoms with E-state index >= 15 is 0 Å². The fraction of sp³-hybridized carbons (Fsp3) is 0.0645. The average molecular weight is 468 g/mol. The number of fused-ring (bicyclic) bond motifs is 5. The molecule has 4 aromatic carbocycles. The van der Waals surface area contributed by atoms with Gasteiger partial charge in [-0.1, -0.05) is 72.8 Å². The number of nitrogens with zero attached hydrogens (tertiary/aromatic N) is 3. The van der Waals surface area contributed by atoms with Crippen LogP contribution in [0.2, 0.25) is 0 Å². The summed E-state index contributed by atoms with van der Waals surface area (Å²) in [5.41, 5.74) is 3.57. The van der Waals surface area contributed by atoms with Gasteiger partial charge >= 0.3 is 0 Å². The van der Waals surface area contributed by atoms with Gasteiger partial charge in [0.1, 0.15) is 0 Å². The standard InChI is InChI=1S/C31H21N3O2/c1-33-28(24-17-19-10-4-5-11-20(19)22-13-7-8-14-23(22)24)25-26(31(33)36)29(34(2)30(25)35)27-21-12-6-3-9-18(21)15-16-32-27/h3-17H,1-2H3. The molecule has 7 rings (SSSR count). The van der Waals surface area contributed by atoms with E-state index in [0.29, 0.717) is 28.2 Å². The van der Waals surface area contributed by atoms with Gasteiger partial charge in [-0.05, 0) is 39.1 Å². The predicted molar refractivity (Wildman–Crippen MR) is 143 cm³/mol. The van der Waals surface area contributed by atoms with Crippen LogP contribution in [0.3, 0.4) is 0 Å². The fourth-order valence-corrected chi connectivity index (χ4v) is 5.68. The van der Waals surface area contributed by atoms with Crippen molar-refractivity contribution in [2.45, 2.75) is 0 Å². The maximum absolute atomic E-state index is 13.8. The Morgan fingerprint density at radius 1 is 0.583 bits per heavy atom. The van der Waals surface area contributed by atoms with E-state index in [2.05, 4.69) is 35.3 Å². The summed E-state index contributed by atoms with van der Waals surface area (Å²) in [6.45, 7) is 0. The Morgan fingerprint density at radius 2 is 1.14 bits per heavy atom. The number of aromatic nitrogens is 1. The maximum atomic E-state index is 13.8. The van der Waals surface area contributed by atoms with Crippen LogP contribution in [0.5, 0.6) is 0 Å². The average Bonchev–Trinajstić information content (AvgIpc) is 3.32. The van der Waals surface area contributed by atoms with Crippen LogP contribution in [0.25, 0.3) is 43.7 Å². The summed E-state index contributed by atoms with van der Waals surface area (Å²) in [6.07, 6.45) is 1.73. The zero-order chi connectivity index (χ0) is 24.6. The molecule has 36 heavy (non-hydrogen) atoms. The van der Waals surface area contributed by atoms with Crippen molar-refractivity contribution in [3.05, 3.63) is 114 Å². The summed E-state index contributed by atoms with van der Waals surface area (Å²) in [6, 6.07) is 28.3. The van der Waals surface area contributed by atoms with Gasteiger partial charge in [-0.3, -0.25) is 14.6 Å². The van der Waals surface area contributed by atoms with Gasteiger partial charge in [-0.15, -0.1) is 0 Å². The van der Waals surface area contributed by atoms with Crippen LogP contribution in [0.4, 0.5) is 0 Å². The summed E-state index contributed by atoms with van der Waals surface area (Å²) in [5, 5.41) is 6.21. The molecule has 0 bridgehead atoms. The molecule has 0 fully saturated rings. The second-order valence-electron chi connectivity index (χ2n) is 9.25. The van der Waals surface area contributed by atoms with Crippen molar-refractivity contribution in [1.29, 1.82) is 0 Å². The normalized spacial score (nSPS) is 15.8. The maximum Gasteiger partial charge on any atom is 0.261 e. The van der Waals surface area contributed by atoms with E-state index in [9.17, 15) is 9.59 Å². The Bertz CT molecular complexity index is 1860. The highest BCUT2D eigenvalue weighted by Gasteiger charge is 2.47. The molecule has 5 heteroatoms. The lowest BCUT2D eigenvalue weighted by Gasteiger charge is -2.21. The minimum absolute atomic E-state index is 0.195. The van der Waals surface area contributed by atoms with Gasteiger partial charge in [0.05, 0.1) is 28.2 Å². The highest BCUT2D eigenvalue weighted by molar-refractivity contribution is 6.31. The topological polar surface area (TPSA) is 53.5 Å². The summed E-state index contributed by atoms with van der Waals surface area (Å²) in [5.74, 6) is -0.389. The highest BCUT2D eigenvalue weighted by atomic mass is 16.2. The molecule has 0 unspecified atom stereocenters. The van der Waals surface area contributed by atoms with E-state index < -0.39 is 0 Å². The third kappa shape index (κ3) is 2.62. The lowest BCUT2D eigenvalue weighted by molar-refractivity contribution is -0.123. The number of rotatable bonds is 2. The number of hydrogen-bond acceptors (Lipinski definition) is 3. The number of amides is 2. The Hall–Kier alpha value is -4.77. The molecular weight excluding hydrogens is 446 g/mol. The summed E-state index contributed by atoms with van der Waals surface area (Å²) < 4.78 is 0. The Labute approximate surface area is 207 Å². The number of benzene rings is 4. The number of likely N-dealkylation sites (N-methyl/N-ethyl adjacent to an activating group) is 2. The first-order valence-electron chi connectivity index (χ1n) is 11.9. The number of carbonyl (C=O) groups excluding carboxylic acids is 2. The van der Waals surface area contributed by atoms with Crippen LogP contribution in [0.1, 0.15) is 11.3 Å². The summed E-state index contributed by atoms with van der Waals surface area (Å²) in [7, 11) is 3.48. The largest absolute Gasteiger partial charge is 0.310 e. The third-order valence-corrected chi connectivity index (χ3v) is 7.35. The SMILES string of the molecule is CN1C(=O)C2=C(c3cc4ccccc4c4ccccc34)N(C)C(=O)C2=C1c1nccc2ccccc12. The number of hydrogen-bond donors (Lipinski definition) is 0. The molecule has 0 radical (unpaired) electrons. The van der Waals surface area contributed by atoms with E-state index in [1.807, 2.05) is 54.6 Å². The lowest BCUT2D eigenvalue weighted by atomic mass is 9.93. The van der Waals surface area contributed by atoms with E-state index in [1.54, 1.807) is 30.1 Å². The van der Waals surface area contributed by atoms with Crippen LogP contribution in [-0.2, 0) is 9.59 Å². The number of pyridine rings is 1. The summed E-state index contributed by atoms with van der Waals surface area (Å²) >= 11 is 0. The highest BCUT2D eigenvalue weighted by Crippen LogP contribution is 2.47. The molecule has 0 atom stereocenters. The molecule has 172 valence electrons. The first-order chi connectivity index (χ1) is 17.6. The van der Waals surface area contributed by atoms with Crippen molar-refractivity contribution in [2.24, 2.45) is 0 Å². The molecule has 1 aromatic heterocycles. The molecule has 5 nitrogen and oxygen atoms in total. The quantitative estimate of drug-likeness (QED) is 0.317. The monoisotopic (exact) mass is 467 g/mol. The zero-order valence-electron chi connectivity index (χ0n) is 19.8. The van der Waals surface area contributed by atoms with Gasteiger partial charge in [0, 0.05) is 31.2 Å². The smallest absolute Gasteiger partial charge is 0.261 e. The van der Waals surface area contributed by atoms with E-state index in [-0.39, 0.29) is 11.8 Å². The summed E-state index contributed by atoms with van der Waals surface area (Å²) in [4.78, 5) is 35.4. The van der Waals surface area contributed by atoms with Crippen LogP contribution >= 0.6 is 0 Å². The minimum Gasteiger partial charge on any atom is -0.310 e. The first kappa shape index (κ1) is 20.6. The van der Waals surface area contributed by atoms with Crippen LogP contribution in [-0.4, -0.2) is 40.7 Å². The number of carbonyl (C=O) groups is 2. The van der Waals surface area contributed by atoms with Crippen molar-refractivity contribution in [1.82, 2.24) is 14.8 Å². The molecule has 3 heterocycles. The van der Waals surface area contributed by atoms with E-state index in [4.69, 9.17) is 0 Å². The van der Waals surface area contributed by atoms with Crippen molar-refractivity contribution in [3.8, 4) is 0 Å². The van der Waals surface area contributed by atoms with Gasteiger partial charge in [0.15, 0.2) is 0 Å². The van der Waals surface area contributed by atoms with Gasteiger partial charge in [0.2, 0.25) is 0 Å². The second-order valence-corrected chi connectivity index (χ2v) is 9.25. The van der Waals surface area contributed by atoms with E-state index in [1.165, 1.54) is 0 Å². The van der Waals surface area contributed by atoms with Gasteiger partial charge in [0.25, 0.3) is 11.8 Å². The van der Waals surface area contributed by atoms with Crippen molar-refractivity contribution in [2.75, 3.05) is 14.1 Å². The predicted octanol–water partition coefficient (Wildman–Crippen LogP) is 5.61. The second kappa shape index (κ2) is 7.36. The molecule has 2 aliphatic heterocycles. The molecule has 2 amide bonds. The van der Waals surface area contributed by atoms with E-state index in [0.717, 1.165) is 37.9 Å². The third-order valence-electron chi connectivity index (χ3n) is 7.35. The Morgan fingerprint density at radius 3 is 1.89 bits per heavy atom. The van der Waals surface area contributed by atoms with Gasteiger partial charge in [-0.2, -0.15) is 0 Å². The van der Waals surface area contributed by atoms with Crippen molar-refractivity contribution < 1.29 is 9.59 Å². The van der Waals surface area contributed by atoms with Gasteiger partial charge in [-0.25, -0.2) is 0 Å². The van der Waals surface area contributed by atoms with Crippen LogP contribution < -0.4 is 0 Å². The lowest BCUT2D eigenvalue weighted by Crippen LogP contribution is -2.25. The fourth-order valence-electron chi connectivity index (χ4n) is 5.68. The Kier molecular flexibility index (Phi) is 4.21.